The van der Waals surface area contributed by atoms with Crippen molar-refractivity contribution < 1.29 is 4.79 Å². The van der Waals surface area contributed by atoms with Gasteiger partial charge < -0.3 is 16.0 Å². The van der Waals surface area contributed by atoms with Crippen LogP contribution in [0.2, 0.25) is 0 Å². The van der Waals surface area contributed by atoms with Gasteiger partial charge in [0.1, 0.15) is 5.82 Å². The van der Waals surface area contributed by atoms with Crippen LogP contribution >= 0.6 is 0 Å². The summed E-state index contributed by atoms with van der Waals surface area (Å²) in [6.45, 7) is 2.06. The van der Waals surface area contributed by atoms with Crippen molar-refractivity contribution in [1.82, 2.24) is 15.3 Å². The smallest absolute Gasteiger partial charge is 0.220 e. The Balaban J connectivity index is 1.36. The molecule has 25 heavy (non-hydrogen) atoms. The molecule has 0 aliphatic heterocycles. The molecule has 0 saturated heterocycles. The molecule has 1 amide bonds. The molecule has 2 aliphatic rings. The Kier molecular flexibility index (Phi) is 4.50. The van der Waals surface area contributed by atoms with Gasteiger partial charge in [0, 0.05) is 24.9 Å². The number of imidazole rings is 1. The quantitative estimate of drug-likeness (QED) is 0.800. The van der Waals surface area contributed by atoms with Crippen LogP contribution in [0.15, 0.2) is 18.2 Å². The molecule has 1 aromatic carbocycles. The van der Waals surface area contributed by atoms with Crippen molar-refractivity contribution in [2.75, 3.05) is 0 Å². The average molecular weight is 340 g/mol. The molecule has 2 bridgehead atoms. The topological polar surface area (TPSA) is 83.8 Å². The maximum absolute atomic E-state index is 12.5. The molecule has 2 unspecified atom stereocenters. The van der Waals surface area contributed by atoms with Gasteiger partial charge in [-0.3, -0.25) is 4.79 Å². The van der Waals surface area contributed by atoms with E-state index in [0.717, 1.165) is 35.3 Å². The van der Waals surface area contributed by atoms with Gasteiger partial charge >= 0.3 is 0 Å². The van der Waals surface area contributed by atoms with Crippen LogP contribution < -0.4 is 11.1 Å². The number of aromatic amines is 1. The number of fused-ring (bicyclic) bond motifs is 3. The molecule has 1 heterocycles. The summed E-state index contributed by atoms with van der Waals surface area (Å²) in [4.78, 5) is 20.5. The van der Waals surface area contributed by atoms with Gasteiger partial charge in [0.15, 0.2) is 0 Å². The third kappa shape index (κ3) is 3.43. The monoisotopic (exact) mass is 340 g/mol. The highest BCUT2D eigenvalue weighted by atomic mass is 16.1. The van der Waals surface area contributed by atoms with Gasteiger partial charge in [-0.15, -0.1) is 0 Å². The highest BCUT2D eigenvalue weighted by Crippen LogP contribution is 2.39. The lowest BCUT2D eigenvalue weighted by Gasteiger charge is -2.45. The van der Waals surface area contributed by atoms with E-state index in [2.05, 4.69) is 28.3 Å². The number of rotatable bonds is 4. The van der Waals surface area contributed by atoms with E-state index in [1.807, 2.05) is 12.1 Å². The molecule has 4 N–H and O–H groups in total. The number of H-pyrrole nitrogens is 1. The number of nitrogens with two attached hydrogens (primary N) is 1. The summed E-state index contributed by atoms with van der Waals surface area (Å²) >= 11 is 0. The van der Waals surface area contributed by atoms with Crippen molar-refractivity contribution >= 4 is 16.9 Å². The van der Waals surface area contributed by atoms with E-state index in [-0.39, 0.29) is 5.91 Å². The fraction of sp³-hybridized carbons (Fsp3) is 0.600. The zero-order valence-corrected chi connectivity index (χ0v) is 14.9. The van der Waals surface area contributed by atoms with E-state index >= 15 is 0 Å². The van der Waals surface area contributed by atoms with Gasteiger partial charge in [-0.1, -0.05) is 18.6 Å². The molecule has 5 nitrogen and oxygen atoms in total. The molecule has 134 valence electrons. The third-order valence-electron chi connectivity index (χ3n) is 6.06. The number of nitrogens with one attached hydrogen (secondary N) is 2. The molecule has 2 aromatic rings. The van der Waals surface area contributed by atoms with Crippen molar-refractivity contribution in [3.8, 4) is 0 Å². The fourth-order valence-corrected chi connectivity index (χ4v) is 4.86. The number of aryl methyl sites for hydroxylation is 2. The predicted octanol–water partition coefficient (Wildman–Crippen LogP) is 2.83. The average Bonchev–Trinajstić information content (AvgIpc) is 2.98. The Hall–Kier alpha value is -1.88. The number of carbonyl (C=O) groups excluding carboxylic acids is 1. The van der Waals surface area contributed by atoms with E-state index < -0.39 is 0 Å². The van der Waals surface area contributed by atoms with Crippen LogP contribution in [0, 0.1) is 18.8 Å². The summed E-state index contributed by atoms with van der Waals surface area (Å²) in [6.07, 6.45) is 6.96. The maximum Gasteiger partial charge on any atom is 0.220 e. The molecule has 2 saturated carbocycles. The molecule has 0 radical (unpaired) electrons. The van der Waals surface area contributed by atoms with Crippen LogP contribution in [0.1, 0.15) is 49.9 Å². The van der Waals surface area contributed by atoms with Gasteiger partial charge in [-0.2, -0.15) is 0 Å². The largest absolute Gasteiger partial charge is 0.353 e. The predicted molar refractivity (Wildman–Crippen MR) is 99.1 cm³/mol. The number of benzene rings is 1. The lowest BCUT2D eigenvalue weighted by atomic mass is 9.67. The van der Waals surface area contributed by atoms with Gasteiger partial charge in [0.05, 0.1) is 11.0 Å². The van der Waals surface area contributed by atoms with Crippen LogP contribution in [0.3, 0.4) is 0 Å². The standard InChI is InChI=1S/C20H28N4O/c1-12-4-2-7-16-19(12)23-17(22-16)8-9-18(25)24-20-13-5-3-6-14(20)11-15(21)10-13/h2,4,7,13-15,20H,3,5-6,8-11,21H2,1H3,(H,22,23)(H,24,25). The van der Waals surface area contributed by atoms with Gasteiger partial charge in [-0.25, -0.2) is 4.98 Å². The lowest BCUT2D eigenvalue weighted by molar-refractivity contribution is -0.123. The van der Waals surface area contributed by atoms with Gasteiger partial charge in [0.2, 0.25) is 5.91 Å². The number of hydrogen-bond donors (Lipinski definition) is 3. The normalized spacial score (nSPS) is 28.9. The second kappa shape index (κ2) is 6.79. The third-order valence-corrected chi connectivity index (χ3v) is 6.06. The first kappa shape index (κ1) is 16.6. The number of aromatic nitrogens is 2. The Labute approximate surface area is 148 Å². The van der Waals surface area contributed by atoms with Crippen molar-refractivity contribution in [2.45, 2.75) is 64.0 Å². The van der Waals surface area contributed by atoms with E-state index in [0.29, 0.717) is 36.8 Å². The molecule has 2 atom stereocenters. The first-order valence-electron chi connectivity index (χ1n) is 9.59. The van der Waals surface area contributed by atoms with Crippen LogP contribution in [0.5, 0.6) is 0 Å². The summed E-state index contributed by atoms with van der Waals surface area (Å²) in [5, 5.41) is 3.32. The molecule has 1 aromatic heterocycles. The number of amides is 1. The molecule has 4 rings (SSSR count). The van der Waals surface area contributed by atoms with E-state index in [4.69, 9.17) is 5.73 Å². The highest BCUT2D eigenvalue weighted by Gasteiger charge is 2.39. The SMILES string of the molecule is Cc1cccc2[nH]c(CCC(=O)NC3C4CCCC3CC(N)C4)nc12. The minimum absolute atomic E-state index is 0.148. The van der Waals surface area contributed by atoms with Crippen molar-refractivity contribution in [1.29, 1.82) is 0 Å². The molecule has 2 fully saturated rings. The molecule has 2 aliphatic carbocycles. The lowest BCUT2D eigenvalue weighted by Crippen LogP contribution is -2.53. The van der Waals surface area contributed by atoms with Crippen molar-refractivity contribution in [3.63, 3.8) is 0 Å². The van der Waals surface area contributed by atoms with Crippen LogP contribution in [0.25, 0.3) is 11.0 Å². The highest BCUT2D eigenvalue weighted by molar-refractivity contribution is 5.79. The summed E-state index contributed by atoms with van der Waals surface area (Å²) in [5.74, 6) is 2.18. The minimum Gasteiger partial charge on any atom is -0.353 e. The van der Waals surface area contributed by atoms with E-state index in [1.165, 1.54) is 19.3 Å². The minimum atomic E-state index is 0.148. The first-order chi connectivity index (χ1) is 12.1. The second-order valence-electron chi connectivity index (χ2n) is 7.93. The van der Waals surface area contributed by atoms with Crippen LogP contribution in [0.4, 0.5) is 0 Å². The number of nitrogens with zero attached hydrogens (tertiary/aromatic N) is 1. The van der Waals surface area contributed by atoms with Gasteiger partial charge in [0.25, 0.3) is 0 Å². The second-order valence-corrected chi connectivity index (χ2v) is 7.93. The zero-order valence-electron chi connectivity index (χ0n) is 14.9. The Bertz CT molecular complexity index is 754. The zero-order chi connectivity index (χ0) is 17.4. The van der Waals surface area contributed by atoms with Gasteiger partial charge in [-0.05, 0) is 56.1 Å². The van der Waals surface area contributed by atoms with Crippen LogP contribution in [-0.2, 0) is 11.2 Å². The van der Waals surface area contributed by atoms with E-state index in [9.17, 15) is 4.79 Å². The number of carbonyl (C=O) groups is 1. The molecule has 0 spiro atoms. The first-order valence-corrected chi connectivity index (χ1v) is 9.59. The number of para-hydroxylation sites is 1. The summed E-state index contributed by atoms with van der Waals surface area (Å²) < 4.78 is 0. The van der Waals surface area contributed by atoms with Crippen molar-refractivity contribution in [3.05, 3.63) is 29.6 Å². The Morgan fingerprint density at radius 2 is 2.08 bits per heavy atom. The summed E-state index contributed by atoms with van der Waals surface area (Å²) in [5.41, 5.74) is 9.39. The van der Waals surface area contributed by atoms with E-state index in [1.54, 1.807) is 0 Å². The summed E-state index contributed by atoms with van der Waals surface area (Å²) in [6, 6.07) is 6.78. The Morgan fingerprint density at radius 3 is 2.80 bits per heavy atom. The fourth-order valence-electron chi connectivity index (χ4n) is 4.86. The van der Waals surface area contributed by atoms with Crippen molar-refractivity contribution in [2.24, 2.45) is 17.6 Å². The summed E-state index contributed by atoms with van der Waals surface area (Å²) in [7, 11) is 0. The number of hydrogen-bond acceptors (Lipinski definition) is 3. The molecular weight excluding hydrogens is 312 g/mol. The molecular formula is C20H28N4O. The molecule has 5 heteroatoms. The van der Waals surface area contributed by atoms with Crippen LogP contribution in [-0.4, -0.2) is 28.0 Å². The Morgan fingerprint density at radius 1 is 1.32 bits per heavy atom. The maximum atomic E-state index is 12.5.